The van der Waals surface area contributed by atoms with Crippen LogP contribution < -0.4 is 5.43 Å². The highest BCUT2D eigenvalue weighted by molar-refractivity contribution is 6.30. The molecule has 0 aliphatic heterocycles. The molecule has 3 aromatic rings. The highest BCUT2D eigenvalue weighted by Crippen LogP contribution is 2.19. The number of nitrogens with one attached hydrogen (secondary N) is 2. The van der Waals surface area contributed by atoms with Crippen molar-refractivity contribution in [1.29, 1.82) is 0 Å². The minimum absolute atomic E-state index is 0.166. The molecule has 0 aliphatic rings. The molecule has 2 aromatic carbocycles. The zero-order valence-electron chi connectivity index (χ0n) is 12.6. The van der Waals surface area contributed by atoms with Crippen molar-refractivity contribution in [3.8, 4) is 0 Å². The maximum absolute atomic E-state index is 11.9. The molecule has 0 aliphatic carbocycles. The van der Waals surface area contributed by atoms with Gasteiger partial charge in [-0.3, -0.25) is 4.79 Å². The smallest absolute Gasteiger partial charge is 0.244 e. The van der Waals surface area contributed by atoms with Crippen molar-refractivity contribution in [3.05, 3.63) is 70.4 Å². The van der Waals surface area contributed by atoms with Crippen LogP contribution >= 0.6 is 11.6 Å². The van der Waals surface area contributed by atoms with Crippen LogP contribution in [0.25, 0.3) is 10.9 Å². The molecule has 3 rings (SSSR count). The van der Waals surface area contributed by atoms with E-state index in [0.717, 1.165) is 27.7 Å². The van der Waals surface area contributed by atoms with Gasteiger partial charge in [0.15, 0.2) is 0 Å². The number of hydrazone groups is 1. The molecule has 116 valence electrons. The van der Waals surface area contributed by atoms with Crippen LogP contribution in [0.2, 0.25) is 5.02 Å². The summed E-state index contributed by atoms with van der Waals surface area (Å²) < 4.78 is 0. The molecule has 0 saturated carbocycles. The molecule has 0 bridgehead atoms. The Labute approximate surface area is 139 Å². The predicted octanol–water partition coefficient (Wildman–Crippen LogP) is 3.82. The second-order valence-corrected chi connectivity index (χ2v) is 5.74. The standard InChI is InChI=1S/C18H16ClN3O/c1-12-16(15-4-2-3-5-17(15)21-12)11-20-22-18(23)10-13-6-8-14(19)9-7-13/h2-9,11,21H,10H2,1H3,(H,22,23)/b20-11-. The van der Waals surface area contributed by atoms with Crippen molar-refractivity contribution < 1.29 is 4.79 Å². The highest BCUT2D eigenvalue weighted by atomic mass is 35.5. The summed E-state index contributed by atoms with van der Waals surface area (Å²) in [6.07, 6.45) is 1.94. The lowest BCUT2D eigenvalue weighted by molar-refractivity contribution is -0.120. The number of aromatic amines is 1. The van der Waals surface area contributed by atoms with Crippen LogP contribution in [-0.2, 0) is 11.2 Å². The number of nitrogens with zero attached hydrogens (tertiary/aromatic N) is 1. The fourth-order valence-corrected chi connectivity index (χ4v) is 2.59. The Morgan fingerprint density at radius 1 is 1.22 bits per heavy atom. The Hall–Kier alpha value is -2.59. The number of carbonyl (C=O) groups is 1. The summed E-state index contributed by atoms with van der Waals surface area (Å²) in [7, 11) is 0. The van der Waals surface area contributed by atoms with Gasteiger partial charge in [-0.1, -0.05) is 41.9 Å². The average molecular weight is 326 g/mol. The van der Waals surface area contributed by atoms with E-state index in [1.165, 1.54) is 0 Å². The molecule has 0 unspecified atom stereocenters. The summed E-state index contributed by atoms with van der Waals surface area (Å²) in [6.45, 7) is 1.98. The molecule has 23 heavy (non-hydrogen) atoms. The van der Waals surface area contributed by atoms with Crippen LogP contribution in [0.1, 0.15) is 16.8 Å². The van der Waals surface area contributed by atoms with Gasteiger partial charge in [0.2, 0.25) is 5.91 Å². The first-order chi connectivity index (χ1) is 11.1. The first kappa shape index (κ1) is 15.3. The zero-order chi connectivity index (χ0) is 16.2. The third-order valence-corrected chi connectivity index (χ3v) is 3.86. The molecule has 0 radical (unpaired) electrons. The molecule has 0 atom stereocenters. The molecule has 1 aromatic heterocycles. The van der Waals surface area contributed by atoms with Crippen LogP contribution in [0.5, 0.6) is 0 Å². The van der Waals surface area contributed by atoms with Crippen molar-refractivity contribution in [1.82, 2.24) is 10.4 Å². The molecule has 0 saturated heterocycles. The Kier molecular flexibility index (Phi) is 4.44. The predicted molar refractivity (Wildman–Crippen MR) is 93.9 cm³/mol. The number of para-hydroxylation sites is 1. The number of hydrogen-bond acceptors (Lipinski definition) is 2. The Balaban J connectivity index is 1.67. The monoisotopic (exact) mass is 325 g/mol. The number of aryl methyl sites for hydroxylation is 1. The Morgan fingerprint density at radius 3 is 2.74 bits per heavy atom. The van der Waals surface area contributed by atoms with Gasteiger partial charge in [-0.25, -0.2) is 5.43 Å². The van der Waals surface area contributed by atoms with Crippen LogP contribution in [0.15, 0.2) is 53.6 Å². The quantitative estimate of drug-likeness (QED) is 0.556. The van der Waals surface area contributed by atoms with E-state index >= 15 is 0 Å². The fourth-order valence-electron chi connectivity index (χ4n) is 2.46. The lowest BCUT2D eigenvalue weighted by Gasteiger charge is -2.00. The van der Waals surface area contributed by atoms with E-state index in [0.29, 0.717) is 5.02 Å². The van der Waals surface area contributed by atoms with Gasteiger partial charge in [-0.2, -0.15) is 5.10 Å². The van der Waals surface area contributed by atoms with Gasteiger partial charge < -0.3 is 4.98 Å². The van der Waals surface area contributed by atoms with E-state index in [4.69, 9.17) is 11.6 Å². The molecular formula is C18H16ClN3O. The second-order valence-electron chi connectivity index (χ2n) is 5.31. The van der Waals surface area contributed by atoms with E-state index in [2.05, 4.69) is 15.5 Å². The van der Waals surface area contributed by atoms with Gasteiger partial charge in [0.25, 0.3) is 0 Å². The largest absolute Gasteiger partial charge is 0.358 e. The summed E-state index contributed by atoms with van der Waals surface area (Å²) >= 11 is 5.82. The molecule has 5 heteroatoms. The summed E-state index contributed by atoms with van der Waals surface area (Å²) in [5, 5.41) is 5.81. The van der Waals surface area contributed by atoms with Crippen molar-refractivity contribution in [2.24, 2.45) is 5.10 Å². The molecule has 0 spiro atoms. The van der Waals surface area contributed by atoms with Crippen LogP contribution in [0.3, 0.4) is 0 Å². The van der Waals surface area contributed by atoms with Crippen LogP contribution in [-0.4, -0.2) is 17.1 Å². The fraction of sp³-hybridized carbons (Fsp3) is 0.111. The van der Waals surface area contributed by atoms with E-state index in [1.807, 2.05) is 43.3 Å². The first-order valence-electron chi connectivity index (χ1n) is 7.27. The number of amides is 1. The van der Waals surface area contributed by atoms with E-state index in [9.17, 15) is 4.79 Å². The van der Waals surface area contributed by atoms with Crippen molar-refractivity contribution >= 4 is 34.6 Å². The first-order valence-corrected chi connectivity index (χ1v) is 7.65. The molecule has 1 amide bonds. The molecule has 2 N–H and O–H groups in total. The summed E-state index contributed by atoms with van der Waals surface area (Å²) in [4.78, 5) is 15.2. The SMILES string of the molecule is Cc1[nH]c2ccccc2c1/C=N\NC(=O)Cc1ccc(Cl)cc1. The number of fused-ring (bicyclic) bond motifs is 1. The third-order valence-electron chi connectivity index (χ3n) is 3.60. The van der Waals surface area contributed by atoms with Gasteiger partial charge >= 0.3 is 0 Å². The Bertz CT molecular complexity index is 866. The van der Waals surface area contributed by atoms with Crippen LogP contribution in [0.4, 0.5) is 0 Å². The molecule has 0 fully saturated rings. The Morgan fingerprint density at radius 2 is 1.96 bits per heavy atom. The van der Waals surface area contributed by atoms with Crippen molar-refractivity contribution in [3.63, 3.8) is 0 Å². The van der Waals surface area contributed by atoms with Gasteiger partial charge in [-0.15, -0.1) is 0 Å². The minimum Gasteiger partial charge on any atom is -0.358 e. The van der Waals surface area contributed by atoms with Crippen molar-refractivity contribution in [2.75, 3.05) is 0 Å². The van der Waals surface area contributed by atoms with E-state index < -0.39 is 0 Å². The summed E-state index contributed by atoms with van der Waals surface area (Å²) in [6, 6.07) is 15.2. The number of halogens is 1. The van der Waals surface area contributed by atoms with Gasteiger partial charge in [0.05, 0.1) is 12.6 Å². The number of hydrogen-bond donors (Lipinski definition) is 2. The van der Waals surface area contributed by atoms with E-state index in [1.54, 1.807) is 18.3 Å². The number of benzene rings is 2. The minimum atomic E-state index is -0.166. The summed E-state index contributed by atoms with van der Waals surface area (Å²) in [5.74, 6) is -0.166. The zero-order valence-corrected chi connectivity index (χ0v) is 13.4. The number of H-pyrrole nitrogens is 1. The number of rotatable bonds is 4. The van der Waals surface area contributed by atoms with Crippen molar-refractivity contribution in [2.45, 2.75) is 13.3 Å². The number of aromatic nitrogens is 1. The van der Waals surface area contributed by atoms with Crippen LogP contribution in [0, 0.1) is 6.92 Å². The maximum Gasteiger partial charge on any atom is 0.244 e. The maximum atomic E-state index is 11.9. The third kappa shape index (κ3) is 3.60. The highest BCUT2D eigenvalue weighted by Gasteiger charge is 2.06. The lowest BCUT2D eigenvalue weighted by atomic mass is 10.1. The summed E-state index contributed by atoms with van der Waals surface area (Å²) in [5.41, 5.74) is 6.50. The van der Waals surface area contributed by atoms with E-state index in [-0.39, 0.29) is 12.3 Å². The van der Waals surface area contributed by atoms with Gasteiger partial charge in [-0.05, 0) is 30.7 Å². The van der Waals surface area contributed by atoms with Gasteiger partial charge in [0, 0.05) is 27.2 Å². The lowest BCUT2D eigenvalue weighted by Crippen LogP contribution is -2.19. The molecular weight excluding hydrogens is 310 g/mol. The average Bonchev–Trinajstić information content (AvgIpc) is 2.86. The van der Waals surface area contributed by atoms with Gasteiger partial charge in [0.1, 0.15) is 0 Å². The molecule has 1 heterocycles. The second kappa shape index (κ2) is 6.67. The topological polar surface area (TPSA) is 57.2 Å². The number of carbonyl (C=O) groups excluding carboxylic acids is 1. The normalized spacial score (nSPS) is 11.2. The molecule has 4 nitrogen and oxygen atoms in total.